The van der Waals surface area contributed by atoms with Gasteiger partial charge in [0, 0.05) is 11.1 Å². The van der Waals surface area contributed by atoms with Crippen LogP contribution in [0.4, 0.5) is 13.2 Å². The Morgan fingerprint density at radius 3 is 2.32 bits per heavy atom. The maximum atomic E-state index is 13.7. The molecule has 4 aromatic rings. The number of nitrogens with zero attached hydrogens (tertiary/aromatic N) is 2. The van der Waals surface area contributed by atoms with Gasteiger partial charge in [0.15, 0.2) is 11.6 Å². The second-order valence-corrected chi connectivity index (χ2v) is 6.66. The minimum Gasteiger partial charge on any atom is -0.268 e. The van der Waals surface area contributed by atoms with Gasteiger partial charge in [-0.2, -0.15) is 0 Å². The monoisotopic (exact) mass is 380 g/mol. The van der Waals surface area contributed by atoms with Crippen LogP contribution in [0.5, 0.6) is 0 Å². The maximum Gasteiger partial charge on any atom is 0.264 e. The third kappa shape index (κ3) is 2.97. The van der Waals surface area contributed by atoms with Crippen LogP contribution in [0, 0.1) is 31.3 Å². The fourth-order valence-electron chi connectivity index (χ4n) is 3.13. The number of fused-ring (bicyclic) bond motifs is 1. The SMILES string of the molecule is Cc1ccc2c(c1)nc(-c1ccc(F)c(C)c1)n2C(=O)c1ccc(F)c(F)c1. The van der Waals surface area contributed by atoms with Crippen LogP contribution in [0.2, 0.25) is 0 Å². The summed E-state index contributed by atoms with van der Waals surface area (Å²) in [6.07, 6.45) is 0. The fraction of sp³-hybridized carbons (Fsp3) is 0.0909. The predicted molar refractivity (Wildman–Crippen MR) is 101 cm³/mol. The largest absolute Gasteiger partial charge is 0.268 e. The highest BCUT2D eigenvalue weighted by molar-refractivity contribution is 6.04. The van der Waals surface area contributed by atoms with E-state index in [0.29, 0.717) is 28.0 Å². The fourth-order valence-corrected chi connectivity index (χ4v) is 3.13. The summed E-state index contributed by atoms with van der Waals surface area (Å²) < 4.78 is 42.0. The number of carbonyl (C=O) groups is 1. The van der Waals surface area contributed by atoms with Gasteiger partial charge in [0.05, 0.1) is 11.0 Å². The van der Waals surface area contributed by atoms with Gasteiger partial charge >= 0.3 is 0 Å². The minimum atomic E-state index is -1.11. The third-order valence-electron chi connectivity index (χ3n) is 4.60. The number of aryl methyl sites for hydroxylation is 2. The van der Waals surface area contributed by atoms with Gasteiger partial charge in [0.2, 0.25) is 0 Å². The molecule has 0 radical (unpaired) electrons. The molecule has 3 nitrogen and oxygen atoms in total. The van der Waals surface area contributed by atoms with Crippen molar-refractivity contribution in [3.8, 4) is 11.4 Å². The summed E-state index contributed by atoms with van der Waals surface area (Å²) in [5, 5.41) is 0. The van der Waals surface area contributed by atoms with E-state index in [1.54, 1.807) is 19.1 Å². The Balaban J connectivity index is 1.98. The first kappa shape index (κ1) is 18.0. The number of benzene rings is 3. The van der Waals surface area contributed by atoms with Crippen LogP contribution in [0.1, 0.15) is 21.5 Å². The van der Waals surface area contributed by atoms with Crippen LogP contribution in [0.15, 0.2) is 54.6 Å². The molecular formula is C22H15F3N2O. The standard InChI is InChI=1S/C22H15F3N2O/c1-12-3-8-20-19(9-12)26-21(14-4-6-16(23)13(2)10-14)27(20)22(28)15-5-7-17(24)18(25)11-15/h3-11H,1-2H3. The normalized spacial score (nSPS) is 11.2. The number of hydrogen-bond donors (Lipinski definition) is 0. The van der Waals surface area contributed by atoms with E-state index in [0.717, 1.165) is 17.7 Å². The molecule has 6 heteroatoms. The van der Waals surface area contributed by atoms with Crippen molar-refractivity contribution < 1.29 is 18.0 Å². The first-order chi connectivity index (χ1) is 13.3. The van der Waals surface area contributed by atoms with Gasteiger partial charge in [-0.25, -0.2) is 18.2 Å². The third-order valence-corrected chi connectivity index (χ3v) is 4.60. The Labute approximate surface area is 159 Å². The van der Waals surface area contributed by atoms with Gasteiger partial charge in [0.1, 0.15) is 11.6 Å². The number of carbonyl (C=O) groups excluding carboxylic acids is 1. The summed E-state index contributed by atoms with van der Waals surface area (Å²) in [6.45, 7) is 3.52. The van der Waals surface area contributed by atoms with E-state index in [2.05, 4.69) is 4.98 Å². The van der Waals surface area contributed by atoms with Crippen molar-refractivity contribution in [1.29, 1.82) is 0 Å². The van der Waals surface area contributed by atoms with Gasteiger partial charge in [-0.1, -0.05) is 6.07 Å². The average Bonchev–Trinajstić information content (AvgIpc) is 3.04. The minimum absolute atomic E-state index is 0.0149. The van der Waals surface area contributed by atoms with Crippen LogP contribution < -0.4 is 0 Å². The molecule has 28 heavy (non-hydrogen) atoms. The quantitative estimate of drug-likeness (QED) is 0.465. The van der Waals surface area contributed by atoms with Crippen molar-refractivity contribution >= 4 is 16.9 Å². The Hall–Kier alpha value is -3.41. The smallest absolute Gasteiger partial charge is 0.264 e. The van der Waals surface area contributed by atoms with Crippen molar-refractivity contribution in [3.05, 3.63) is 88.7 Å². The number of imidazole rings is 1. The zero-order chi connectivity index (χ0) is 20.0. The van der Waals surface area contributed by atoms with Crippen molar-refractivity contribution in [3.63, 3.8) is 0 Å². The molecule has 1 heterocycles. The highest BCUT2D eigenvalue weighted by Gasteiger charge is 2.21. The van der Waals surface area contributed by atoms with Crippen molar-refractivity contribution in [2.45, 2.75) is 13.8 Å². The van der Waals surface area contributed by atoms with Crippen LogP contribution in [0.25, 0.3) is 22.4 Å². The Morgan fingerprint density at radius 1 is 0.857 bits per heavy atom. The van der Waals surface area contributed by atoms with Crippen LogP contribution in [-0.4, -0.2) is 15.5 Å². The molecule has 4 rings (SSSR count). The summed E-state index contributed by atoms with van der Waals surface area (Å²) in [4.78, 5) is 17.7. The predicted octanol–water partition coefficient (Wildman–Crippen LogP) is 5.43. The van der Waals surface area contributed by atoms with Gasteiger partial charge in [-0.3, -0.25) is 9.36 Å². The molecule has 3 aromatic carbocycles. The zero-order valence-electron chi connectivity index (χ0n) is 15.1. The molecule has 0 aliphatic carbocycles. The van der Waals surface area contributed by atoms with E-state index in [4.69, 9.17) is 0 Å². The molecule has 0 fully saturated rings. The zero-order valence-corrected chi connectivity index (χ0v) is 15.1. The van der Waals surface area contributed by atoms with E-state index in [1.165, 1.54) is 22.8 Å². The van der Waals surface area contributed by atoms with Gasteiger partial charge in [-0.15, -0.1) is 0 Å². The molecule has 0 amide bonds. The van der Waals surface area contributed by atoms with Crippen LogP contribution >= 0.6 is 0 Å². The first-order valence-electron chi connectivity index (χ1n) is 8.60. The molecule has 0 saturated heterocycles. The average molecular weight is 380 g/mol. The van der Waals surface area contributed by atoms with Gasteiger partial charge in [-0.05, 0) is 73.5 Å². The number of aromatic nitrogens is 2. The van der Waals surface area contributed by atoms with Gasteiger partial charge < -0.3 is 0 Å². The second kappa shape index (κ2) is 6.64. The molecule has 0 saturated carbocycles. The van der Waals surface area contributed by atoms with Gasteiger partial charge in [0.25, 0.3) is 5.91 Å². The number of halogens is 3. The van der Waals surface area contributed by atoms with Crippen molar-refractivity contribution in [1.82, 2.24) is 9.55 Å². The van der Waals surface area contributed by atoms with E-state index in [9.17, 15) is 18.0 Å². The molecule has 0 aliphatic heterocycles. The van der Waals surface area contributed by atoms with Crippen molar-refractivity contribution in [2.24, 2.45) is 0 Å². The lowest BCUT2D eigenvalue weighted by Crippen LogP contribution is -2.14. The van der Waals surface area contributed by atoms with E-state index < -0.39 is 17.5 Å². The molecule has 1 aromatic heterocycles. The highest BCUT2D eigenvalue weighted by atomic mass is 19.2. The Morgan fingerprint density at radius 2 is 1.61 bits per heavy atom. The highest BCUT2D eigenvalue weighted by Crippen LogP contribution is 2.28. The summed E-state index contributed by atoms with van der Waals surface area (Å²) in [6, 6.07) is 12.8. The molecule has 0 unspecified atom stereocenters. The Bertz CT molecular complexity index is 1240. The summed E-state index contributed by atoms with van der Waals surface area (Å²) in [7, 11) is 0. The maximum absolute atomic E-state index is 13.7. The lowest BCUT2D eigenvalue weighted by Gasteiger charge is -2.09. The molecule has 0 bridgehead atoms. The molecular weight excluding hydrogens is 365 g/mol. The van der Waals surface area contributed by atoms with Crippen LogP contribution in [0.3, 0.4) is 0 Å². The molecule has 0 N–H and O–H groups in total. The molecule has 0 aliphatic rings. The lowest BCUT2D eigenvalue weighted by molar-refractivity contribution is 0.0965. The summed E-state index contributed by atoms with van der Waals surface area (Å²) in [5.41, 5.74) is 3.00. The Kier molecular flexibility index (Phi) is 4.26. The summed E-state index contributed by atoms with van der Waals surface area (Å²) >= 11 is 0. The van der Waals surface area contributed by atoms with E-state index in [1.807, 2.05) is 19.1 Å². The number of rotatable bonds is 2. The topological polar surface area (TPSA) is 34.9 Å². The van der Waals surface area contributed by atoms with E-state index >= 15 is 0 Å². The lowest BCUT2D eigenvalue weighted by atomic mass is 10.1. The summed E-state index contributed by atoms with van der Waals surface area (Å²) in [5.74, 6) is -2.75. The van der Waals surface area contributed by atoms with Crippen LogP contribution in [-0.2, 0) is 0 Å². The molecule has 0 spiro atoms. The number of hydrogen-bond acceptors (Lipinski definition) is 2. The first-order valence-corrected chi connectivity index (χ1v) is 8.60. The molecule has 0 atom stereocenters. The van der Waals surface area contributed by atoms with E-state index in [-0.39, 0.29) is 11.4 Å². The second-order valence-electron chi connectivity index (χ2n) is 6.66. The molecule has 140 valence electrons. The van der Waals surface area contributed by atoms with Crippen molar-refractivity contribution in [2.75, 3.05) is 0 Å².